The predicted octanol–water partition coefficient (Wildman–Crippen LogP) is 2.96. The van der Waals surface area contributed by atoms with E-state index in [-0.39, 0.29) is 34.8 Å². The van der Waals surface area contributed by atoms with Crippen LogP contribution in [-0.4, -0.2) is 32.0 Å². The van der Waals surface area contributed by atoms with Crippen LogP contribution in [0.3, 0.4) is 0 Å². The maximum absolute atomic E-state index is 13.4. The molecule has 0 saturated heterocycles. The fraction of sp³-hybridized carbons (Fsp3) is 0.190. The zero-order valence-corrected chi connectivity index (χ0v) is 18.4. The molecule has 0 spiro atoms. The van der Waals surface area contributed by atoms with Crippen LogP contribution in [0.15, 0.2) is 58.0 Å². The molecular weight excluding hydrogens is 438 g/mol. The minimum absolute atomic E-state index is 0.0840. The van der Waals surface area contributed by atoms with Gasteiger partial charge in [-0.15, -0.1) is 0 Å². The number of hydrogen-bond acceptors (Lipinski definition) is 7. The quantitative estimate of drug-likeness (QED) is 0.398. The molecule has 3 rings (SSSR count). The standard InChI is InChI=1S/C21H18ClN5O3S/c1-4-7-30-18-16(22)10-24-11-17(18)27-19(28)25-20(31-3)26(21(27)29)12-15-8-14(9-23)6-5-13(15)2/h4-6,8,10-11H,1,7,12H2,2-3H3. The number of hydrogen-bond donors (Lipinski definition) is 0. The van der Waals surface area contributed by atoms with E-state index < -0.39 is 11.4 Å². The van der Waals surface area contributed by atoms with Crippen molar-refractivity contribution in [2.24, 2.45) is 0 Å². The first-order valence-corrected chi connectivity index (χ1v) is 10.7. The first-order chi connectivity index (χ1) is 14.9. The first-order valence-electron chi connectivity index (χ1n) is 9.06. The first kappa shape index (κ1) is 22.3. The Balaban J connectivity index is 2.24. The number of nitrogens with zero attached hydrogens (tertiary/aromatic N) is 5. The zero-order chi connectivity index (χ0) is 22.5. The molecule has 8 nitrogen and oxygen atoms in total. The number of halogens is 1. The van der Waals surface area contributed by atoms with E-state index in [0.717, 1.165) is 15.7 Å². The summed E-state index contributed by atoms with van der Waals surface area (Å²) in [6.45, 7) is 5.72. The molecule has 0 aliphatic carbocycles. The maximum Gasteiger partial charge on any atom is 0.358 e. The van der Waals surface area contributed by atoms with E-state index in [1.807, 2.05) is 13.0 Å². The van der Waals surface area contributed by atoms with E-state index >= 15 is 0 Å². The number of aromatic nitrogens is 4. The van der Waals surface area contributed by atoms with Crippen LogP contribution < -0.4 is 16.1 Å². The highest BCUT2D eigenvalue weighted by molar-refractivity contribution is 7.98. The van der Waals surface area contributed by atoms with Crippen LogP contribution in [0.2, 0.25) is 5.02 Å². The van der Waals surface area contributed by atoms with Crippen LogP contribution in [0.4, 0.5) is 0 Å². The van der Waals surface area contributed by atoms with Crippen molar-refractivity contribution in [2.45, 2.75) is 18.6 Å². The van der Waals surface area contributed by atoms with E-state index in [1.165, 1.54) is 34.8 Å². The van der Waals surface area contributed by atoms with Crippen molar-refractivity contribution < 1.29 is 4.74 Å². The number of nitriles is 1. The van der Waals surface area contributed by atoms with E-state index in [1.54, 1.807) is 18.4 Å². The Labute approximate surface area is 187 Å². The van der Waals surface area contributed by atoms with Crippen LogP contribution in [0, 0.1) is 18.3 Å². The van der Waals surface area contributed by atoms with Gasteiger partial charge in [-0.1, -0.05) is 42.1 Å². The largest absolute Gasteiger partial charge is 0.486 e. The summed E-state index contributed by atoms with van der Waals surface area (Å²) < 4.78 is 7.82. The molecule has 158 valence electrons. The number of benzene rings is 1. The fourth-order valence-corrected chi connectivity index (χ4v) is 3.65. The molecule has 0 fully saturated rings. The summed E-state index contributed by atoms with van der Waals surface area (Å²) in [6, 6.07) is 7.32. The second-order valence-electron chi connectivity index (χ2n) is 6.41. The van der Waals surface area contributed by atoms with Gasteiger partial charge in [-0.3, -0.25) is 9.55 Å². The average molecular weight is 456 g/mol. The minimum atomic E-state index is -0.777. The summed E-state index contributed by atoms with van der Waals surface area (Å²) in [5, 5.41) is 9.60. The Morgan fingerprint density at radius 3 is 2.81 bits per heavy atom. The predicted molar refractivity (Wildman–Crippen MR) is 119 cm³/mol. The molecule has 1 aromatic carbocycles. The van der Waals surface area contributed by atoms with Crippen molar-refractivity contribution in [1.29, 1.82) is 5.26 Å². The Hall–Kier alpha value is -3.35. The van der Waals surface area contributed by atoms with Gasteiger partial charge in [0.25, 0.3) is 0 Å². The monoisotopic (exact) mass is 455 g/mol. The molecule has 2 aromatic heterocycles. The highest BCUT2D eigenvalue weighted by atomic mass is 35.5. The summed E-state index contributed by atoms with van der Waals surface area (Å²) in [4.78, 5) is 34.3. The van der Waals surface area contributed by atoms with Crippen molar-refractivity contribution in [3.05, 3.63) is 85.9 Å². The topological polar surface area (TPSA) is 103 Å². The molecular formula is C21H18ClN5O3S. The van der Waals surface area contributed by atoms with Gasteiger partial charge in [-0.2, -0.15) is 10.2 Å². The maximum atomic E-state index is 13.4. The third kappa shape index (κ3) is 4.55. The van der Waals surface area contributed by atoms with Crippen molar-refractivity contribution >= 4 is 23.4 Å². The van der Waals surface area contributed by atoms with Gasteiger partial charge in [0.15, 0.2) is 10.9 Å². The highest BCUT2D eigenvalue weighted by Gasteiger charge is 2.20. The molecule has 0 bridgehead atoms. The Morgan fingerprint density at radius 1 is 1.35 bits per heavy atom. The van der Waals surface area contributed by atoms with Gasteiger partial charge >= 0.3 is 11.4 Å². The lowest BCUT2D eigenvalue weighted by Crippen LogP contribution is -2.42. The van der Waals surface area contributed by atoms with E-state index in [0.29, 0.717) is 5.56 Å². The van der Waals surface area contributed by atoms with Crippen molar-refractivity contribution in [3.8, 4) is 17.5 Å². The van der Waals surface area contributed by atoms with E-state index in [9.17, 15) is 14.9 Å². The summed E-state index contributed by atoms with van der Waals surface area (Å²) in [5.41, 5.74) is 0.811. The summed E-state index contributed by atoms with van der Waals surface area (Å²) in [6.07, 6.45) is 5.91. The van der Waals surface area contributed by atoms with Gasteiger partial charge in [0.05, 0.1) is 24.4 Å². The number of pyridine rings is 1. The van der Waals surface area contributed by atoms with E-state index in [4.69, 9.17) is 16.3 Å². The Bertz CT molecular complexity index is 1310. The molecule has 0 N–H and O–H groups in total. The summed E-state index contributed by atoms with van der Waals surface area (Å²) in [5.74, 6) is 0.128. The van der Waals surface area contributed by atoms with Gasteiger partial charge in [-0.25, -0.2) is 14.2 Å². The van der Waals surface area contributed by atoms with Gasteiger partial charge in [0.1, 0.15) is 17.3 Å². The second kappa shape index (κ2) is 9.64. The van der Waals surface area contributed by atoms with Crippen LogP contribution in [0.1, 0.15) is 16.7 Å². The van der Waals surface area contributed by atoms with Crippen molar-refractivity contribution in [1.82, 2.24) is 19.1 Å². The second-order valence-corrected chi connectivity index (χ2v) is 7.59. The fourth-order valence-electron chi connectivity index (χ4n) is 2.91. The number of rotatable bonds is 7. The molecule has 0 radical (unpaired) electrons. The summed E-state index contributed by atoms with van der Waals surface area (Å²) >= 11 is 7.37. The van der Waals surface area contributed by atoms with Crippen molar-refractivity contribution in [3.63, 3.8) is 0 Å². The number of thioether (sulfide) groups is 1. The molecule has 0 atom stereocenters. The van der Waals surface area contributed by atoms with Gasteiger partial charge < -0.3 is 4.74 Å². The minimum Gasteiger partial charge on any atom is -0.486 e. The Kier molecular flexibility index (Phi) is 6.95. The lowest BCUT2D eigenvalue weighted by molar-refractivity contribution is 0.360. The van der Waals surface area contributed by atoms with Crippen LogP contribution in [-0.2, 0) is 6.54 Å². The van der Waals surface area contributed by atoms with Gasteiger partial charge in [0.2, 0.25) is 0 Å². The molecule has 3 aromatic rings. The third-order valence-corrected chi connectivity index (χ3v) is 5.39. The molecule has 0 saturated carbocycles. The SMILES string of the molecule is C=CCOc1c(Cl)cncc1-n1c(=O)nc(SC)n(Cc2cc(C#N)ccc2C)c1=O. The molecule has 0 aliphatic rings. The average Bonchev–Trinajstić information content (AvgIpc) is 2.76. The van der Waals surface area contributed by atoms with Crippen LogP contribution >= 0.6 is 23.4 Å². The Morgan fingerprint density at radius 2 is 2.13 bits per heavy atom. The molecule has 31 heavy (non-hydrogen) atoms. The third-order valence-electron chi connectivity index (χ3n) is 4.45. The van der Waals surface area contributed by atoms with Gasteiger partial charge in [0, 0.05) is 6.20 Å². The number of ether oxygens (including phenoxy) is 1. The summed E-state index contributed by atoms with van der Waals surface area (Å²) in [7, 11) is 0. The lowest BCUT2D eigenvalue weighted by Gasteiger charge is -2.16. The molecule has 10 heteroatoms. The van der Waals surface area contributed by atoms with Crippen LogP contribution in [0.5, 0.6) is 5.75 Å². The van der Waals surface area contributed by atoms with E-state index in [2.05, 4.69) is 22.6 Å². The lowest BCUT2D eigenvalue weighted by atomic mass is 10.1. The molecule has 0 unspecified atom stereocenters. The normalized spacial score (nSPS) is 10.5. The molecule has 0 aliphatic heterocycles. The van der Waals surface area contributed by atoms with Crippen LogP contribution in [0.25, 0.3) is 5.69 Å². The zero-order valence-electron chi connectivity index (χ0n) is 16.8. The van der Waals surface area contributed by atoms with Gasteiger partial charge in [-0.05, 0) is 36.4 Å². The molecule has 0 amide bonds. The number of aryl methyl sites for hydroxylation is 1. The highest BCUT2D eigenvalue weighted by Crippen LogP contribution is 2.29. The molecule has 2 heterocycles. The smallest absolute Gasteiger partial charge is 0.358 e. The van der Waals surface area contributed by atoms with Crippen molar-refractivity contribution in [2.75, 3.05) is 12.9 Å².